The van der Waals surface area contributed by atoms with Crippen LogP contribution in [0.4, 0.5) is 0 Å². The van der Waals surface area contributed by atoms with Gasteiger partial charge in [0, 0.05) is 24.2 Å². The van der Waals surface area contributed by atoms with Crippen LogP contribution >= 0.6 is 0 Å². The molecule has 0 radical (unpaired) electrons. The highest BCUT2D eigenvalue weighted by molar-refractivity contribution is 5.75. The van der Waals surface area contributed by atoms with E-state index in [0.717, 1.165) is 59.3 Å². The quantitative estimate of drug-likeness (QED) is 0.405. The zero-order chi connectivity index (χ0) is 23.5. The Balaban J connectivity index is 1.32. The minimum Gasteiger partial charge on any atom is -0.481 e. The van der Waals surface area contributed by atoms with Crippen molar-refractivity contribution in [2.45, 2.75) is 26.3 Å². The fourth-order valence-corrected chi connectivity index (χ4v) is 4.66. The van der Waals surface area contributed by atoms with Crippen molar-refractivity contribution in [3.05, 3.63) is 83.9 Å². The Hall–Kier alpha value is -3.77. The molecule has 1 atom stereocenters. The van der Waals surface area contributed by atoms with Crippen LogP contribution in [0.3, 0.4) is 0 Å². The molecule has 1 aliphatic rings. The van der Waals surface area contributed by atoms with Gasteiger partial charge in [-0.2, -0.15) is 0 Å². The number of aliphatic carboxylic acids is 1. The van der Waals surface area contributed by atoms with Crippen molar-refractivity contribution in [3.8, 4) is 34.0 Å². The summed E-state index contributed by atoms with van der Waals surface area (Å²) in [5, 5.41) is 17.9. The maximum atomic E-state index is 11.3. The molecule has 34 heavy (non-hydrogen) atoms. The minimum absolute atomic E-state index is 0.270. The van der Waals surface area contributed by atoms with Crippen LogP contribution in [0.1, 0.15) is 24.0 Å². The van der Waals surface area contributed by atoms with E-state index in [-0.39, 0.29) is 5.92 Å². The fraction of sp³-hybridized carbons (Fsp3) is 0.250. The molecule has 0 aliphatic carbocycles. The van der Waals surface area contributed by atoms with Gasteiger partial charge in [0.25, 0.3) is 0 Å². The van der Waals surface area contributed by atoms with Gasteiger partial charge in [-0.15, -0.1) is 10.2 Å². The summed E-state index contributed by atoms with van der Waals surface area (Å²) >= 11 is 0. The minimum atomic E-state index is -0.697. The van der Waals surface area contributed by atoms with Crippen molar-refractivity contribution in [1.82, 2.24) is 15.1 Å². The summed E-state index contributed by atoms with van der Waals surface area (Å²) in [6, 6.07) is 24.5. The smallest absolute Gasteiger partial charge is 0.307 e. The highest BCUT2D eigenvalue weighted by Gasteiger charge is 2.25. The van der Waals surface area contributed by atoms with Gasteiger partial charge in [0.15, 0.2) is 0 Å². The third kappa shape index (κ3) is 4.63. The van der Waals surface area contributed by atoms with Gasteiger partial charge < -0.3 is 9.52 Å². The molecule has 6 heteroatoms. The Labute approximate surface area is 198 Å². The van der Waals surface area contributed by atoms with Crippen molar-refractivity contribution in [2.75, 3.05) is 13.1 Å². The molecule has 6 nitrogen and oxygen atoms in total. The maximum absolute atomic E-state index is 11.3. The van der Waals surface area contributed by atoms with Crippen molar-refractivity contribution in [1.29, 1.82) is 0 Å². The number of aromatic nitrogens is 2. The van der Waals surface area contributed by atoms with Crippen LogP contribution in [0, 0.1) is 12.8 Å². The van der Waals surface area contributed by atoms with Crippen LogP contribution in [0.2, 0.25) is 0 Å². The lowest BCUT2D eigenvalue weighted by Crippen LogP contribution is -2.38. The largest absolute Gasteiger partial charge is 0.481 e. The number of nitrogens with zero attached hydrogens (tertiary/aromatic N) is 3. The summed E-state index contributed by atoms with van der Waals surface area (Å²) in [5.74, 6) is 0.0165. The van der Waals surface area contributed by atoms with Crippen molar-refractivity contribution >= 4 is 5.97 Å². The molecule has 0 saturated carbocycles. The van der Waals surface area contributed by atoms with E-state index < -0.39 is 5.97 Å². The number of carboxylic acids is 1. The topological polar surface area (TPSA) is 79.5 Å². The summed E-state index contributed by atoms with van der Waals surface area (Å²) in [6.45, 7) is 4.35. The molecule has 5 rings (SSSR count). The predicted molar refractivity (Wildman–Crippen MR) is 131 cm³/mol. The number of benzene rings is 3. The Morgan fingerprint density at radius 1 is 0.941 bits per heavy atom. The van der Waals surface area contributed by atoms with E-state index in [9.17, 15) is 9.90 Å². The molecule has 3 aromatic carbocycles. The van der Waals surface area contributed by atoms with Crippen molar-refractivity contribution in [2.24, 2.45) is 5.92 Å². The molecule has 0 bridgehead atoms. The number of carboxylic acid groups (broad SMARTS) is 1. The third-order valence-electron chi connectivity index (χ3n) is 6.54. The second kappa shape index (κ2) is 9.61. The van der Waals surface area contributed by atoms with Gasteiger partial charge in [-0.25, -0.2) is 0 Å². The second-order valence-corrected chi connectivity index (χ2v) is 8.87. The van der Waals surface area contributed by atoms with Crippen LogP contribution in [-0.4, -0.2) is 39.3 Å². The summed E-state index contributed by atoms with van der Waals surface area (Å²) in [7, 11) is 0. The molecule has 2 heterocycles. The maximum Gasteiger partial charge on any atom is 0.307 e. The molecule has 1 aliphatic heterocycles. The Morgan fingerprint density at radius 3 is 2.44 bits per heavy atom. The van der Waals surface area contributed by atoms with Crippen LogP contribution in [0.25, 0.3) is 34.0 Å². The van der Waals surface area contributed by atoms with Gasteiger partial charge in [-0.1, -0.05) is 54.6 Å². The van der Waals surface area contributed by atoms with Gasteiger partial charge in [-0.05, 0) is 66.8 Å². The number of hydrogen-bond acceptors (Lipinski definition) is 5. The second-order valence-electron chi connectivity index (χ2n) is 8.87. The normalized spacial score (nSPS) is 16.4. The molecular formula is C28H27N3O3. The first kappa shape index (κ1) is 22.0. The van der Waals surface area contributed by atoms with E-state index in [4.69, 9.17) is 4.42 Å². The number of hydrogen-bond donors (Lipinski definition) is 1. The molecule has 0 spiro atoms. The van der Waals surface area contributed by atoms with E-state index in [1.54, 1.807) is 0 Å². The SMILES string of the molecule is Cc1c(-c2ccccc2)cccc1-c1nnc(-c2ccc(CN3CCC[C@@H](C(=O)O)C3)cc2)o1. The lowest BCUT2D eigenvalue weighted by atomic mass is 9.96. The van der Waals surface area contributed by atoms with E-state index in [1.165, 1.54) is 0 Å². The lowest BCUT2D eigenvalue weighted by Gasteiger charge is -2.30. The number of likely N-dealkylation sites (tertiary alicyclic amines) is 1. The molecule has 0 amide bonds. The summed E-state index contributed by atoms with van der Waals surface area (Å²) < 4.78 is 6.06. The van der Waals surface area contributed by atoms with Gasteiger partial charge in [0.2, 0.25) is 11.8 Å². The molecule has 1 saturated heterocycles. The van der Waals surface area contributed by atoms with Crippen LogP contribution in [-0.2, 0) is 11.3 Å². The number of rotatable bonds is 6. The molecule has 0 unspecified atom stereocenters. The Bertz CT molecular complexity index is 1280. The molecule has 172 valence electrons. The van der Waals surface area contributed by atoms with E-state index in [2.05, 4.69) is 40.2 Å². The average molecular weight is 454 g/mol. The van der Waals surface area contributed by atoms with Gasteiger partial charge in [-0.3, -0.25) is 9.69 Å². The van der Waals surface area contributed by atoms with Crippen molar-refractivity contribution < 1.29 is 14.3 Å². The van der Waals surface area contributed by atoms with Crippen LogP contribution < -0.4 is 0 Å². The van der Waals surface area contributed by atoms with Crippen LogP contribution in [0.5, 0.6) is 0 Å². The van der Waals surface area contributed by atoms with Gasteiger partial charge in [0.1, 0.15) is 0 Å². The first-order valence-corrected chi connectivity index (χ1v) is 11.6. The van der Waals surface area contributed by atoms with E-state index in [1.807, 2.05) is 54.6 Å². The highest BCUT2D eigenvalue weighted by atomic mass is 16.4. The summed E-state index contributed by atoms with van der Waals surface area (Å²) in [5.41, 5.74) is 6.32. The zero-order valence-electron chi connectivity index (χ0n) is 19.1. The molecule has 1 aromatic heterocycles. The Morgan fingerprint density at radius 2 is 1.68 bits per heavy atom. The Kier molecular flexibility index (Phi) is 6.23. The zero-order valence-corrected chi connectivity index (χ0v) is 19.1. The van der Waals surface area contributed by atoms with Gasteiger partial charge >= 0.3 is 5.97 Å². The first-order chi connectivity index (χ1) is 16.6. The highest BCUT2D eigenvalue weighted by Crippen LogP contribution is 2.32. The number of piperidine rings is 1. The fourth-order valence-electron chi connectivity index (χ4n) is 4.66. The van der Waals surface area contributed by atoms with Crippen molar-refractivity contribution in [3.63, 3.8) is 0 Å². The number of carbonyl (C=O) groups is 1. The third-order valence-corrected chi connectivity index (χ3v) is 6.54. The summed E-state index contributed by atoms with van der Waals surface area (Å²) in [4.78, 5) is 13.5. The monoisotopic (exact) mass is 453 g/mol. The predicted octanol–water partition coefficient (Wildman–Crippen LogP) is 5.68. The average Bonchev–Trinajstić information content (AvgIpc) is 3.35. The van der Waals surface area contributed by atoms with Crippen LogP contribution in [0.15, 0.2) is 77.2 Å². The van der Waals surface area contributed by atoms with Gasteiger partial charge in [0.05, 0.1) is 5.92 Å². The standard InChI is InChI=1S/C28H27N3O3/c1-19-24(21-7-3-2-4-8-21)10-5-11-25(19)27-30-29-26(34-27)22-14-12-20(13-15-22)17-31-16-6-9-23(18-31)28(32)33/h2-5,7-8,10-15,23H,6,9,16-18H2,1H3,(H,32,33)/t23-/m1/s1. The molecule has 1 N–H and O–H groups in total. The first-order valence-electron chi connectivity index (χ1n) is 11.6. The van der Waals surface area contributed by atoms with E-state index in [0.29, 0.717) is 18.3 Å². The lowest BCUT2D eigenvalue weighted by molar-refractivity contribution is -0.143. The van der Waals surface area contributed by atoms with E-state index >= 15 is 0 Å². The molecule has 1 fully saturated rings. The summed E-state index contributed by atoms with van der Waals surface area (Å²) in [6.07, 6.45) is 1.68. The molecule has 4 aromatic rings. The molecular weight excluding hydrogens is 426 g/mol.